The molecule has 1 fully saturated rings. The average Bonchev–Trinajstić information content (AvgIpc) is 3.26. The quantitative estimate of drug-likeness (QED) is 0.152. The molecule has 0 aromatic heterocycles. The predicted octanol–water partition coefficient (Wildman–Crippen LogP) is 7.42. The molecule has 0 bridgehead atoms. The van der Waals surface area contributed by atoms with Crippen molar-refractivity contribution in [1.29, 1.82) is 0 Å². The molecule has 0 saturated carbocycles. The van der Waals surface area contributed by atoms with Crippen molar-refractivity contribution in [3.05, 3.63) is 53.6 Å². The molecule has 2 aromatic rings. The number of imide groups is 1. The average molecular weight is 698 g/mol. The summed E-state index contributed by atoms with van der Waals surface area (Å²) in [5.41, 5.74) is -0.420. The number of carbonyl (C=O) groups excluding carboxylic acids is 5. The van der Waals surface area contributed by atoms with Crippen LogP contribution in [0.3, 0.4) is 0 Å². The first-order chi connectivity index (χ1) is 22.6. The highest BCUT2D eigenvalue weighted by atomic mass is 35.5. The second-order valence-corrected chi connectivity index (χ2v) is 15.8. The van der Waals surface area contributed by atoms with Crippen LogP contribution < -0.4 is 19.9 Å². The first kappa shape index (κ1) is 39.5. The number of cyclic esters (lactones) is 1. The molecule has 1 heterocycles. The van der Waals surface area contributed by atoms with Gasteiger partial charge >= 0.3 is 6.09 Å². The Bertz CT molecular complexity index is 1600. The molecule has 1 saturated heterocycles. The van der Waals surface area contributed by atoms with E-state index in [0.717, 1.165) is 28.9 Å². The monoisotopic (exact) mass is 697 g/mol. The lowest BCUT2D eigenvalue weighted by Gasteiger charge is -2.34. The maximum Gasteiger partial charge on any atom is 0.422 e. The third-order valence-corrected chi connectivity index (χ3v) is 10.1. The third kappa shape index (κ3) is 8.46. The number of hydrogen-bond donors (Lipinski definition) is 1. The second-order valence-electron chi connectivity index (χ2n) is 15.1. The van der Waals surface area contributed by atoms with Crippen molar-refractivity contribution in [3.8, 4) is 5.75 Å². The Hall–Kier alpha value is -3.92. The van der Waals surface area contributed by atoms with Gasteiger partial charge < -0.3 is 24.5 Å². The normalized spacial score (nSPS) is 16.1. The van der Waals surface area contributed by atoms with Gasteiger partial charge in [0.1, 0.15) is 12.0 Å². The van der Waals surface area contributed by atoms with Gasteiger partial charge in [0, 0.05) is 23.9 Å². The summed E-state index contributed by atoms with van der Waals surface area (Å²) >= 11 is 6.91. The molecular weight excluding hydrogens is 646 g/mol. The van der Waals surface area contributed by atoms with Crippen molar-refractivity contribution < 1.29 is 33.4 Å². The van der Waals surface area contributed by atoms with Crippen LogP contribution in [0.4, 0.5) is 16.2 Å². The summed E-state index contributed by atoms with van der Waals surface area (Å²) in [5, 5.41) is 0.793. The number of ether oxygens (including phenoxy) is 2. The van der Waals surface area contributed by atoms with Crippen LogP contribution in [0.15, 0.2) is 42.5 Å². The lowest BCUT2D eigenvalue weighted by Crippen LogP contribution is -2.51. The first-order valence-electron chi connectivity index (χ1n) is 16.8. The minimum atomic E-state index is -1.84. The molecule has 11 heteroatoms. The second kappa shape index (κ2) is 14.5. The number of rotatable bonds is 15. The number of hydrogen-bond acceptors (Lipinski definition) is 7. The SMILES string of the molecule is CCC(Cl)(Oc1ccc(C(C)(C)CC)cc1C(C)(C)CC)C(=O)NCC(=O)N(CC(C)(C)C=O)c1ccccc1N1C(=O)OC(C)(C)C1=O. The molecule has 1 atom stereocenters. The van der Waals surface area contributed by atoms with E-state index < -0.39 is 46.4 Å². The number of amides is 4. The maximum atomic E-state index is 13.9. The van der Waals surface area contributed by atoms with Crippen LogP contribution in [0.5, 0.6) is 5.75 Å². The van der Waals surface area contributed by atoms with E-state index in [1.54, 1.807) is 39.0 Å². The topological polar surface area (TPSA) is 122 Å². The number of nitrogens with one attached hydrogen (secondary N) is 1. The standard InChI is InChI=1S/C38H52ClN3O7/c1-12-35(6,7)25-19-20-29(26(21-25)36(8,9)13-2)48-38(39,14-3)31(45)40-22-30(44)41(23-34(4,5)24-43)27-17-15-16-18-28(27)42-32(46)37(10,11)49-33(42)47/h15-21,24H,12-14,22-23H2,1-11H3,(H,40,45). The van der Waals surface area contributed by atoms with Crippen LogP contribution in [-0.2, 0) is 34.7 Å². The summed E-state index contributed by atoms with van der Waals surface area (Å²) in [7, 11) is 0. The van der Waals surface area contributed by atoms with Crippen molar-refractivity contribution in [1.82, 2.24) is 5.32 Å². The highest BCUT2D eigenvalue weighted by Crippen LogP contribution is 2.41. The van der Waals surface area contributed by atoms with E-state index in [2.05, 4.69) is 52.9 Å². The molecule has 0 radical (unpaired) electrons. The number of halogens is 1. The predicted molar refractivity (Wildman–Crippen MR) is 192 cm³/mol. The molecule has 268 valence electrons. The number of benzene rings is 2. The summed E-state index contributed by atoms with van der Waals surface area (Å²) in [6.45, 7) is 20.2. The molecular formula is C38H52ClN3O7. The van der Waals surface area contributed by atoms with Gasteiger partial charge in [-0.2, -0.15) is 0 Å². The molecule has 1 unspecified atom stereocenters. The smallest absolute Gasteiger partial charge is 0.422 e. The zero-order valence-electron chi connectivity index (χ0n) is 30.8. The lowest BCUT2D eigenvalue weighted by atomic mass is 9.76. The van der Waals surface area contributed by atoms with Gasteiger partial charge in [-0.25, -0.2) is 9.69 Å². The Labute approximate surface area is 295 Å². The molecule has 1 aliphatic heterocycles. The van der Waals surface area contributed by atoms with Crippen LogP contribution >= 0.6 is 11.6 Å². The lowest BCUT2D eigenvalue weighted by molar-refractivity contribution is -0.132. The van der Waals surface area contributed by atoms with E-state index >= 15 is 0 Å². The molecule has 0 spiro atoms. The highest BCUT2D eigenvalue weighted by Gasteiger charge is 2.49. The Morgan fingerprint density at radius 1 is 0.959 bits per heavy atom. The largest absolute Gasteiger partial charge is 0.462 e. The fourth-order valence-electron chi connectivity index (χ4n) is 5.30. The van der Waals surface area contributed by atoms with E-state index in [-0.39, 0.29) is 35.2 Å². The summed E-state index contributed by atoms with van der Waals surface area (Å²) in [6.07, 6.45) is 1.66. The Balaban J connectivity index is 1.95. The van der Waals surface area contributed by atoms with Crippen molar-refractivity contribution in [3.63, 3.8) is 0 Å². The van der Waals surface area contributed by atoms with Gasteiger partial charge in [-0.05, 0) is 61.3 Å². The van der Waals surface area contributed by atoms with Crippen LogP contribution in [0, 0.1) is 5.41 Å². The van der Waals surface area contributed by atoms with Gasteiger partial charge in [0.25, 0.3) is 16.9 Å². The van der Waals surface area contributed by atoms with Crippen molar-refractivity contribution >= 4 is 53.1 Å². The van der Waals surface area contributed by atoms with E-state index in [1.165, 1.54) is 24.8 Å². The van der Waals surface area contributed by atoms with E-state index in [0.29, 0.717) is 12.0 Å². The molecule has 10 nitrogen and oxygen atoms in total. The number of nitrogens with zero attached hydrogens (tertiary/aromatic N) is 2. The van der Waals surface area contributed by atoms with E-state index in [1.807, 2.05) is 12.1 Å². The highest BCUT2D eigenvalue weighted by molar-refractivity contribution is 6.34. The minimum Gasteiger partial charge on any atom is -0.462 e. The van der Waals surface area contributed by atoms with Gasteiger partial charge in [0.15, 0.2) is 5.60 Å². The number of aldehydes is 1. The molecule has 1 aliphatic rings. The van der Waals surface area contributed by atoms with Gasteiger partial charge in [-0.3, -0.25) is 14.4 Å². The van der Waals surface area contributed by atoms with E-state index in [4.69, 9.17) is 21.1 Å². The number of anilines is 2. The number of para-hydroxylation sites is 2. The molecule has 4 amide bonds. The van der Waals surface area contributed by atoms with Gasteiger partial charge in [-0.15, -0.1) is 0 Å². The van der Waals surface area contributed by atoms with Gasteiger partial charge in [-0.1, -0.05) is 98.2 Å². The maximum absolute atomic E-state index is 13.9. The fourth-order valence-corrected chi connectivity index (χ4v) is 5.45. The van der Waals surface area contributed by atoms with Crippen LogP contribution in [0.25, 0.3) is 0 Å². The zero-order chi connectivity index (χ0) is 37.2. The summed E-state index contributed by atoms with van der Waals surface area (Å²) in [4.78, 5) is 67.8. The Kier molecular flexibility index (Phi) is 11.7. The number of carbonyl (C=O) groups is 5. The van der Waals surface area contributed by atoms with Gasteiger partial charge in [0.2, 0.25) is 5.91 Å². The van der Waals surface area contributed by atoms with Crippen molar-refractivity contribution in [2.45, 2.75) is 117 Å². The summed E-state index contributed by atoms with van der Waals surface area (Å²) in [6, 6.07) is 12.3. The third-order valence-electron chi connectivity index (χ3n) is 9.57. The minimum absolute atomic E-state index is 0.0703. The molecule has 0 aliphatic carbocycles. The number of alkyl halides is 1. The molecule has 2 aromatic carbocycles. The molecule has 3 rings (SSSR count). The Morgan fingerprint density at radius 2 is 1.57 bits per heavy atom. The summed E-state index contributed by atoms with van der Waals surface area (Å²) in [5.74, 6) is -1.45. The van der Waals surface area contributed by atoms with Crippen LogP contribution in [0.1, 0.15) is 107 Å². The van der Waals surface area contributed by atoms with Crippen molar-refractivity contribution in [2.24, 2.45) is 5.41 Å². The molecule has 49 heavy (non-hydrogen) atoms. The fraction of sp³-hybridized carbons (Fsp3) is 0.553. The van der Waals surface area contributed by atoms with Crippen LogP contribution in [-0.4, -0.2) is 53.9 Å². The van der Waals surface area contributed by atoms with Crippen LogP contribution in [0.2, 0.25) is 0 Å². The molecule has 1 N–H and O–H groups in total. The first-order valence-corrected chi connectivity index (χ1v) is 17.2. The van der Waals surface area contributed by atoms with E-state index in [9.17, 15) is 24.0 Å². The van der Waals surface area contributed by atoms with Gasteiger partial charge in [0.05, 0.1) is 17.9 Å². The van der Waals surface area contributed by atoms with Crippen molar-refractivity contribution in [2.75, 3.05) is 22.9 Å². The zero-order valence-corrected chi connectivity index (χ0v) is 31.5. The summed E-state index contributed by atoms with van der Waals surface area (Å²) < 4.78 is 11.6. The Morgan fingerprint density at radius 3 is 2.10 bits per heavy atom.